The molecule has 0 aliphatic carbocycles. The van der Waals surface area contributed by atoms with E-state index in [9.17, 15) is 4.79 Å². The smallest absolute Gasteiger partial charge is 0.225 e. The molecule has 0 saturated carbocycles. The number of halogens is 1. The molecule has 3 unspecified atom stereocenters. The first-order valence-electron chi connectivity index (χ1n) is 9.75. The van der Waals surface area contributed by atoms with Crippen LogP contribution in [-0.2, 0) is 9.53 Å². The van der Waals surface area contributed by atoms with Gasteiger partial charge in [0.15, 0.2) is 5.96 Å². The number of carbonyl (C=O) groups is 1. The number of aliphatic imine (C=N–C) groups is 1. The number of ether oxygens (including phenoxy) is 1. The molecule has 28 heavy (non-hydrogen) atoms. The zero-order valence-electron chi connectivity index (χ0n) is 16.9. The zero-order chi connectivity index (χ0) is 19.2. The fourth-order valence-corrected chi connectivity index (χ4v) is 3.88. The van der Waals surface area contributed by atoms with Crippen molar-refractivity contribution < 1.29 is 9.53 Å². The van der Waals surface area contributed by atoms with Crippen molar-refractivity contribution >= 4 is 41.5 Å². The largest absolute Gasteiger partial charge is 0.379 e. The first-order chi connectivity index (χ1) is 13.1. The minimum Gasteiger partial charge on any atom is -0.379 e. The number of nitrogens with zero attached hydrogens (tertiary/aromatic N) is 2. The number of rotatable bonds is 5. The van der Waals surface area contributed by atoms with Crippen LogP contribution in [0.1, 0.15) is 31.7 Å². The molecule has 1 amide bonds. The van der Waals surface area contributed by atoms with Gasteiger partial charge in [0.25, 0.3) is 0 Å². The Morgan fingerprint density at radius 1 is 1.39 bits per heavy atom. The highest BCUT2D eigenvalue weighted by molar-refractivity contribution is 14.0. The molecule has 2 heterocycles. The molecule has 0 radical (unpaired) electrons. The predicted octanol–water partition coefficient (Wildman–Crippen LogP) is 2.00. The number of amides is 1. The predicted molar refractivity (Wildman–Crippen MR) is 124 cm³/mol. The van der Waals surface area contributed by atoms with Gasteiger partial charge in [0.1, 0.15) is 0 Å². The average molecular weight is 501 g/mol. The Balaban J connectivity index is 0.00000280. The SMILES string of the molecule is CN=C(NCC1CC(=O)Nc2ccccc21)NCC(C)N1CCOCC1C.I. The van der Waals surface area contributed by atoms with Gasteiger partial charge in [-0.25, -0.2) is 0 Å². The number of hydrogen-bond acceptors (Lipinski definition) is 4. The fraction of sp³-hybridized carbons (Fsp3) is 0.600. The van der Waals surface area contributed by atoms with Crippen molar-refractivity contribution in [2.75, 3.05) is 45.2 Å². The number of fused-ring (bicyclic) bond motifs is 1. The zero-order valence-corrected chi connectivity index (χ0v) is 19.2. The summed E-state index contributed by atoms with van der Waals surface area (Å²) < 4.78 is 5.52. The van der Waals surface area contributed by atoms with Gasteiger partial charge in [0.2, 0.25) is 5.91 Å². The van der Waals surface area contributed by atoms with Crippen LogP contribution in [0.3, 0.4) is 0 Å². The van der Waals surface area contributed by atoms with E-state index in [1.807, 2.05) is 18.2 Å². The maximum absolute atomic E-state index is 12.0. The fourth-order valence-electron chi connectivity index (χ4n) is 3.88. The molecule has 156 valence electrons. The highest BCUT2D eigenvalue weighted by Gasteiger charge is 2.26. The standard InChI is InChI=1S/C20H31N5O2.HI/c1-14(25-8-9-27-13-15(25)2)11-22-20(21-3)23-12-16-10-19(26)24-18-7-5-4-6-17(16)18;/h4-7,14-16H,8-13H2,1-3H3,(H,24,26)(H2,21,22,23);1H. The van der Waals surface area contributed by atoms with Gasteiger partial charge in [-0.05, 0) is 25.5 Å². The summed E-state index contributed by atoms with van der Waals surface area (Å²) in [7, 11) is 1.78. The Morgan fingerprint density at radius 2 is 2.18 bits per heavy atom. The van der Waals surface area contributed by atoms with E-state index in [1.165, 1.54) is 5.56 Å². The number of para-hydroxylation sites is 1. The quantitative estimate of drug-likeness (QED) is 0.327. The second-order valence-electron chi connectivity index (χ2n) is 7.38. The van der Waals surface area contributed by atoms with Crippen LogP contribution in [0.5, 0.6) is 0 Å². The monoisotopic (exact) mass is 501 g/mol. The molecule has 3 atom stereocenters. The van der Waals surface area contributed by atoms with Gasteiger partial charge >= 0.3 is 0 Å². The third-order valence-electron chi connectivity index (χ3n) is 5.40. The van der Waals surface area contributed by atoms with Crippen LogP contribution in [0.4, 0.5) is 5.69 Å². The molecule has 3 N–H and O–H groups in total. The molecule has 1 saturated heterocycles. The van der Waals surface area contributed by atoms with E-state index in [0.717, 1.165) is 38.0 Å². The first kappa shape index (κ1) is 22.9. The summed E-state index contributed by atoms with van der Waals surface area (Å²) in [5.41, 5.74) is 2.09. The Bertz CT molecular complexity index is 684. The lowest BCUT2D eigenvalue weighted by molar-refractivity contribution is -0.116. The Kier molecular flexibility index (Phi) is 8.97. The number of guanidine groups is 1. The summed E-state index contributed by atoms with van der Waals surface area (Å²) in [4.78, 5) is 18.8. The van der Waals surface area contributed by atoms with Crippen molar-refractivity contribution in [3.05, 3.63) is 29.8 Å². The van der Waals surface area contributed by atoms with E-state index in [-0.39, 0.29) is 35.8 Å². The molecule has 1 fully saturated rings. The summed E-state index contributed by atoms with van der Waals surface area (Å²) in [6.07, 6.45) is 0.489. The van der Waals surface area contributed by atoms with Gasteiger partial charge < -0.3 is 20.7 Å². The Labute approximate surface area is 184 Å². The molecule has 1 aromatic rings. The molecule has 1 aromatic carbocycles. The minimum absolute atomic E-state index is 0. The van der Waals surface area contributed by atoms with Gasteiger partial charge in [0, 0.05) is 56.8 Å². The molecule has 0 spiro atoms. The van der Waals surface area contributed by atoms with Crippen molar-refractivity contribution in [2.24, 2.45) is 4.99 Å². The van der Waals surface area contributed by atoms with Gasteiger partial charge in [-0.3, -0.25) is 14.7 Å². The van der Waals surface area contributed by atoms with Crippen LogP contribution in [0.25, 0.3) is 0 Å². The van der Waals surface area contributed by atoms with E-state index >= 15 is 0 Å². The van der Waals surface area contributed by atoms with E-state index in [1.54, 1.807) is 7.05 Å². The van der Waals surface area contributed by atoms with Gasteiger partial charge in [-0.1, -0.05) is 18.2 Å². The molecule has 8 heteroatoms. The van der Waals surface area contributed by atoms with Gasteiger partial charge in [0.05, 0.1) is 13.2 Å². The number of anilines is 1. The molecule has 3 rings (SSSR count). The highest BCUT2D eigenvalue weighted by atomic mass is 127. The van der Waals surface area contributed by atoms with E-state index < -0.39 is 0 Å². The molecule has 0 aromatic heterocycles. The molecule has 7 nitrogen and oxygen atoms in total. The molecular formula is C20H32IN5O2. The van der Waals surface area contributed by atoms with Crippen LogP contribution >= 0.6 is 24.0 Å². The van der Waals surface area contributed by atoms with Crippen LogP contribution in [0.15, 0.2) is 29.3 Å². The van der Waals surface area contributed by atoms with E-state index in [0.29, 0.717) is 25.0 Å². The number of morpholine rings is 1. The second-order valence-corrected chi connectivity index (χ2v) is 7.38. The van der Waals surface area contributed by atoms with Crippen molar-refractivity contribution in [2.45, 2.75) is 38.3 Å². The lowest BCUT2D eigenvalue weighted by atomic mass is 9.90. The van der Waals surface area contributed by atoms with Crippen LogP contribution in [0.2, 0.25) is 0 Å². The maximum atomic E-state index is 12.0. The Morgan fingerprint density at radius 3 is 2.93 bits per heavy atom. The number of nitrogens with one attached hydrogen (secondary N) is 3. The lowest BCUT2D eigenvalue weighted by Gasteiger charge is -2.38. The molecule has 2 aliphatic rings. The maximum Gasteiger partial charge on any atom is 0.225 e. The normalized spacial score (nSPS) is 23.8. The highest BCUT2D eigenvalue weighted by Crippen LogP contribution is 2.31. The number of carbonyl (C=O) groups excluding carboxylic acids is 1. The van der Waals surface area contributed by atoms with E-state index in [2.05, 4.69) is 45.8 Å². The first-order valence-corrected chi connectivity index (χ1v) is 9.75. The van der Waals surface area contributed by atoms with Crippen molar-refractivity contribution in [1.29, 1.82) is 0 Å². The van der Waals surface area contributed by atoms with E-state index in [4.69, 9.17) is 4.74 Å². The molecule has 2 aliphatic heterocycles. The van der Waals surface area contributed by atoms with Gasteiger partial charge in [-0.15, -0.1) is 24.0 Å². The summed E-state index contributed by atoms with van der Waals surface area (Å²) in [5.74, 6) is 0.981. The lowest BCUT2D eigenvalue weighted by Crippen LogP contribution is -2.53. The van der Waals surface area contributed by atoms with Crippen LogP contribution in [0, 0.1) is 0 Å². The second kappa shape index (κ2) is 11.0. The summed E-state index contributed by atoms with van der Waals surface area (Å²) in [5, 5.41) is 9.75. The number of benzene rings is 1. The third-order valence-corrected chi connectivity index (χ3v) is 5.40. The minimum atomic E-state index is 0. The Hall–Kier alpha value is -1.39. The van der Waals surface area contributed by atoms with Crippen molar-refractivity contribution in [1.82, 2.24) is 15.5 Å². The molecule has 0 bridgehead atoms. The van der Waals surface area contributed by atoms with Crippen LogP contribution in [-0.4, -0.2) is 68.7 Å². The topological polar surface area (TPSA) is 78.0 Å². The molecular weight excluding hydrogens is 469 g/mol. The summed E-state index contributed by atoms with van der Waals surface area (Å²) >= 11 is 0. The van der Waals surface area contributed by atoms with Crippen molar-refractivity contribution in [3.8, 4) is 0 Å². The number of hydrogen-bond donors (Lipinski definition) is 3. The average Bonchev–Trinajstić information content (AvgIpc) is 2.68. The van der Waals surface area contributed by atoms with Crippen molar-refractivity contribution in [3.63, 3.8) is 0 Å². The summed E-state index contributed by atoms with van der Waals surface area (Å²) in [6.45, 7) is 8.46. The third kappa shape index (κ3) is 5.81. The summed E-state index contributed by atoms with van der Waals surface area (Å²) in [6, 6.07) is 8.83. The van der Waals surface area contributed by atoms with Crippen LogP contribution < -0.4 is 16.0 Å². The van der Waals surface area contributed by atoms with Gasteiger partial charge in [-0.2, -0.15) is 0 Å².